The lowest BCUT2D eigenvalue weighted by Gasteiger charge is -2.25. The van der Waals surface area contributed by atoms with E-state index in [0.717, 1.165) is 17.7 Å². The monoisotopic (exact) mass is 174 g/mol. The van der Waals surface area contributed by atoms with Gasteiger partial charge in [-0.2, -0.15) is 0 Å². The third-order valence-electron chi connectivity index (χ3n) is 1.91. The van der Waals surface area contributed by atoms with Crippen LogP contribution in [0.5, 0.6) is 0 Å². The van der Waals surface area contributed by atoms with Crippen molar-refractivity contribution in [1.82, 2.24) is 5.32 Å². The normalized spacial score (nSPS) is 31.7. The van der Waals surface area contributed by atoms with Crippen molar-refractivity contribution in [3.8, 4) is 0 Å². The third-order valence-corrected chi connectivity index (χ3v) is 2.42. The minimum absolute atomic E-state index is 0.0210. The molecule has 1 aliphatic rings. The van der Waals surface area contributed by atoms with Crippen LogP contribution < -0.4 is 11.1 Å². The van der Waals surface area contributed by atoms with Gasteiger partial charge >= 0.3 is 0 Å². The highest BCUT2D eigenvalue weighted by molar-refractivity contribution is 7.84. The molecule has 0 aromatic carbocycles. The highest BCUT2D eigenvalue weighted by atomic mass is 32.1. The van der Waals surface area contributed by atoms with Crippen LogP contribution in [0.4, 0.5) is 0 Å². The highest BCUT2D eigenvalue weighted by Crippen LogP contribution is 2.19. The Labute approximate surface area is 72.1 Å². The van der Waals surface area contributed by atoms with E-state index in [1.54, 1.807) is 0 Å². The maximum Gasteiger partial charge on any atom is 0.0933 e. The van der Waals surface area contributed by atoms with Gasteiger partial charge in [-0.05, 0) is 17.7 Å². The molecular weight excluding hydrogens is 160 g/mol. The molecule has 4 heteroatoms. The standard InChI is InChI=1S/C7H14N2OS/c8-6-3-5(9-4-10)1-2-7(6)11/h2,5-6,9-11H,1,3-4,8H2. The van der Waals surface area contributed by atoms with Gasteiger partial charge < -0.3 is 10.8 Å². The van der Waals surface area contributed by atoms with E-state index >= 15 is 0 Å². The summed E-state index contributed by atoms with van der Waals surface area (Å²) < 4.78 is 0. The number of hydrogen-bond acceptors (Lipinski definition) is 4. The molecule has 4 N–H and O–H groups in total. The molecule has 3 nitrogen and oxygen atoms in total. The fourth-order valence-electron chi connectivity index (χ4n) is 1.23. The number of nitrogens with one attached hydrogen (secondary N) is 1. The summed E-state index contributed by atoms with van der Waals surface area (Å²) in [5.41, 5.74) is 5.73. The Bertz CT molecular complexity index is 161. The summed E-state index contributed by atoms with van der Waals surface area (Å²) in [6.45, 7) is 0.0210. The largest absolute Gasteiger partial charge is 0.381 e. The molecule has 2 unspecified atom stereocenters. The molecule has 0 aromatic heterocycles. The van der Waals surface area contributed by atoms with Crippen LogP contribution in [0.3, 0.4) is 0 Å². The van der Waals surface area contributed by atoms with Gasteiger partial charge in [0, 0.05) is 12.1 Å². The average Bonchev–Trinajstić information content (AvgIpc) is 1.98. The third kappa shape index (κ3) is 2.48. The van der Waals surface area contributed by atoms with Gasteiger partial charge in [0.15, 0.2) is 0 Å². The van der Waals surface area contributed by atoms with Crippen LogP contribution in [0.2, 0.25) is 0 Å². The summed E-state index contributed by atoms with van der Waals surface area (Å²) in [4.78, 5) is 0.959. The zero-order chi connectivity index (χ0) is 8.27. The van der Waals surface area contributed by atoms with E-state index in [2.05, 4.69) is 17.9 Å². The predicted octanol–water partition coefficient (Wildman–Crippen LogP) is -0.171. The number of aliphatic hydroxyl groups is 1. The van der Waals surface area contributed by atoms with Crippen LogP contribution >= 0.6 is 12.6 Å². The zero-order valence-electron chi connectivity index (χ0n) is 6.33. The van der Waals surface area contributed by atoms with Gasteiger partial charge in [0.25, 0.3) is 0 Å². The molecule has 11 heavy (non-hydrogen) atoms. The van der Waals surface area contributed by atoms with Crippen molar-refractivity contribution in [3.05, 3.63) is 11.0 Å². The maximum atomic E-state index is 8.58. The lowest BCUT2D eigenvalue weighted by atomic mass is 9.98. The fourth-order valence-corrected chi connectivity index (χ4v) is 1.44. The van der Waals surface area contributed by atoms with E-state index in [-0.39, 0.29) is 12.8 Å². The first-order chi connectivity index (χ1) is 5.24. The number of thiol groups is 1. The summed E-state index contributed by atoms with van der Waals surface area (Å²) in [5, 5.41) is 11.5. The number of rotatable bonds is 2. The van der Waals surface area contributed by atoms with Crippen LogP contribution in [-0.2, 0) is 0 Å². The first-order valence-corrected chi connectivity index (χ1v) is 4.17. The Morgan fingerprint density at radius 2 is 2.55 bits per heavy atom. The molecule has 0 bridgehead atoms. The molecule has 64 valence electrons. The van der Waals surface area contributed by atoms with Crippen molar-refractivity contribution in [2.45, 2.75) is 24.9 Å². The van der Waals surface area contributed by atoms with Gasteiger partial charge in [0.2, 0.25) is 0 Å². The molecular formula is C7H14N2OS. The molecule has 0 spiro atoms. The van der Waals surface area contributed by atoms with Crippen molar-refractivity contribution >= 4 is 12.6 Å². The van der Waals surface area contributed by atoms with Crippen LogP contribution in [-0.4, -0.2) is 23.9 Å². The second-order valence-electron chi connectivity index (χ2n) is 2.77. The SMILES string of the molecule is NC1CC(NCO)CC=C1S. The van der Waals surface area contributed by atoms with Crippen LogP contribution in [0.15, 0.2) is 11.0 Å². The predicted molar refractivity (Wildman–Crippen MR) is 48.3 cm³/mol. The quantitative estimate of drug-likeness (QED) is 0.347. The Hall–Kier alpha value is -0.0300. The smallest absolute Gasteiger partial charge is 0.0933 e. The van der Waals surface area contributed by atoms with Gasteiger partial charge in [-0.1, -0.05) is 6.08 Å². The zero-order valence-corrected chi connectivity index (χ0v) is 7.22. The second-order valence-corrected chi connectivity index (χ2v) is 3.28. The van der Waals surface area contributed by atoms with Crippen molar-refractivity contribution < 1.29 is 5.11 Å². The van der Waals surface area contributed by atoms with Crippen molar-refractivity contribution in [3.63, 3.8) is 0 Å². The molecule has 2 atom stereocenters. The number of nitrogens with two attached hydrogens (primary N) is 1. The van der Waals surface area contributed by atoms with Crippen molar-refractivity contribution in [2.75, 3.05) is 6.73 Å². The van der Waals surface area contributed by atoms with Gasteiger partial charge in [-0.3, -0.25) is 5.32 Å². The molecule has 0 saturated heterocycles. The van der Waals surface area contributed by atoms with Crippen LogP contribution in [0, 0.1) is 0 Å². The molecule has 1 rings (SSSR count). The first-order valence-electron chi connectivity index (χ1n) is 3.73. The van der Waals surface area contributed by atoms with Crippen molar-refractivity contribution in [1.29, 1.82) is 0 Å². The molecule has 0 fully saturated rings. The minimum Gasteiger partial charge on any atom is -0.381 e. The topological polar surface area (TPSA) is 58.3 Å². The van der Waals surface area contributed by atoms with Gasteiger partial charge in [0.05, 0.1) is 6.73 Å². The van der Waals surface area contributed by atoms with E-state index in [0.29, 0.717) is 6.04 Å². The van der Waals surface area contributed by atoms with Gasteiger partial charge in [-0.25, -0.2) is 0 Å². The molecule has 0 aromatic rings. The summed E-state index contributed by atoms with van der Waals surface area (Å²) in [5.74, 6) is 0. The van der Waals surface area contributed by atoms with Gasteiger partial charge in [-0.15, -0.1) is 12.6 Å². The Morgan fingerprint density at radius 1 is 1.82 bits per heavy atom. The molecule has 0 aliphatic heterocycles. The number of aliphatic hydroxyl groups excluding tert-OH is 1. The van der Waals surface area contributed by atoms with E-state index in [9.17, 15) is 0 Å². The van der Waals surface area contributed by atoms with Crippen molar-refractivity contribution in [2.24, 2.45) is 5.73 Å². The van der Waals surface area contributed by atoms with Crippen LogP contribution in [0.1, 0.15) is 12.8 Å². The summed E-state index contributed by atoms with van der Waals surface area (Å²) >= 11 is 4.21. The molecule has 0 radical (unpaired) electrons. The van der Waals surface area contributed by atoms with Crippen LogP contribution in [0.25, 0.3) is 0 Å². The average molecular weight is 174 g/mol. The van der Waals surface area contributed by atoms with E-state index in [1.165, 1.54) is 0 Å². The van der Waals surface area contributed by atoms with E-state index < -0.39 is 0 Å². The lowest BCUT2D eigenvalue weighted by molar-refractivity contribution is 0.233. The molecule has 0 heterocycles. The van der Waals surface area contributed by atoms with E-state index in [1.807, 2.05) is 6.08 Å². The summed E-state index contributed by atoms with van der Waals surface area (Å²) in [6, 6.07) is 0.349. The number of hydrogen-bond donors (Lipinski definition) is 4. The summed E-state index contributed by atoms with van der Waals surface area (Å²) in [6.07, 6.45) is 3.77. The van der Waals surface area contributed by atoms with E-state index in [4.69, 9.17) is 10.8 Å². The maximum absolute atomic E-state index is 8.58. The Balaban J connectivity index is 2.42. The Kier molecular flexibility index (Phi) is 3.39. The first kappa shape index (κ1) is 9.06. The fraction of sp³-hybridized carbons (Fsp3) is 0.714. The molecule has 1 aliphatic carbocycles. The molecule has 0 amide bonds. The second kappa shape index (κ2) is 4.11. The highest BCUT2D eigenvalue weighted by Gasteiger charge is 2.18. The molecule has 0 saturated carbocycles. The minimum atomic E-state index is 0.0210. The summed E-state index contributed by atoms with van der Waals surface area (Å²) in [7, 11) is 0. The lowest BCUT2D eigenvalue weighted by Crippen LogP contribution is -2.38. The Morgan fingerprint density at radius 3 is 3.09 bits per heavy atom. The van der Waals surface area contributed by atoms with Gasteiger partial charge in [0.1, 0.15) is 0 Å².